The van der Waals surface area contributed by atoms with Crippen LogP contribution in [0.25, 0.3) is 10.9 Å². The SMILES string of the molecule is CCOC(=O)C(C(C)C)n1c2c(c3cc(C)ccc31)CN(C)CC2. The Morgan fingerprint density at radius 2 is 2.08 bits per heavy atom. The number of hydrogen-bond donors (Lipinski definition) is 0. The smallest absolute Gasteiger partial charge is 0.329 e. The first kappa shape index (κ1) is 17.0. The van der Waals surface area contributed by atoms with Crippen molar-refractivity contribution in [2.24, 2.45) is 5.92 Å². The molecule has 0 bridgehead atoms. The van der Waals surface area contributed by atoms with Crippen molar-refractivity contribution in [1.82, 2.24) is 9.47 Å². The summed E-state index contributed by atoms with van der Waals surface area (Å²) in [5.74, 6) is 0.0661. The molecule has 0 amide bonds. The first-order valence-corrected chi connectivity index (χ1v) is 8.91. The van der Waals surface area contributed by atoms with Crippen molar-refractivity contribution in [3.05, 3.63) is 35.0 Å². The summed E-state index contributed by atoms with van der Waals surface area (Å²) in [5, 5.41) is 1.28. The number of esters is 1. The molecule has 0 radical (unpaired) electrons. The van der Waals surface area contributed by atoms with Crippen LogP contribution in [0.4, 0.5) is 0 Å². The number of likely N-dealkylation sites (N-methyl/N-ethyl adjacent to an activating group) is 1. The molecule has 24 heavy (non-hydrogen) atoms. The lowest BCUT2D eigenvalue weighted by Crippen LogP contribution is -2.32. The summed E-state index contributed by atoms with van der Waals surface area (Å²) in [4.78, 5) is 15.0. The molecule has 4 nitrogen and oxygen atoms in total. The van der Waals surface area contributed by atoms with Gasteiger partial charge in [0.2, 0.25) is 0 Å². The Kier molecular flexibility index (Phi) is 4.68. The van der Waals surface area contributed by atoms with Crippen molar-refractivity contribution in [1.29, 1.82) is 0 Å². The van der Waals surface area contributed by atoms with E-state index in [9.17, 15) is 4.79 Å². The summed E-state index contributed by atoms with van der Waals surface area (Å²) < 4.78 is 7.67. The van der Waals surface area contributed by atoms with Crippen LogP contribution in [-0.4, -0.2) is 35.6 Å². The molecule has 1 unspecified atom stereocenters. The average molecular weight is 328 g/mol. The second kappa shape index (κ2) is 6.60. The van der Waals surface area contributed by atoms with Crippen LogP contribution in [0, 0.1) is 12.8 Å². The van der Waals surface area contributed by atoms with Crippen LogP contribution in [0.3, 0.4) is 0 Å². The van der Waals surface area contributed by atoms with E-state index in [1.54, 1.807) is 0 Å². The fourth-order valence-corrected chi connectivity index (χ4v) is 3.86. The zero-order chi connectivity index (χ0) is 17.4. The highest BCUT2D eigenvalue weighted by atomic mass is 16.5. The molecule has 2 heterocycles. The summed E-state index contributed by atoms with van der Waals surface area (Å²) in [7, 11) is 2.16. The van der Waals surface area contributed by atoms with E-state index in [1.807, 2.05) is 6.92 Å². The lowest BCUT2D eigenvalue weighted by Gasteiger charge is -2.28. The molecule has 1 aliphatic rings. The van der Waals surface area contributed by atoms with Gasteiger partial charge in [-0.15, -0.1) is 0 Å². The van der Waals surface area contributed by atoms with E-state index in [4.69, 9.17) is 4.74 Å². The standard InChI is InChI=1S/C20H28N2O2/c1-6-24-20(23)19(13(2)3)22-17-8-7-14(4)11-15(17)16-12-21(5)10-9-18(16)22/h7-8,11,13,19H,6,9-10,12H2,1-5H3. The average Bonchev–Trinajstić information content (AvgIpc) is 2.81. The normalized spacial score (nSPS) is 16.4. The van der Waals surface area contributed by atoms with E-state index in [-0.39, 0.29) is 17.9 Å². The number of nitrogens with zero attached hydrogens (tertiary/aromatic N) is 2. The number of aryl methyl sites for hydroxylation is 1. The fraction of sp³-hybridized carbons (Fsp3) is 0.550. The fourth-order valence-electron chi connectivity index (χ4n) is 3.86. The topological polar surface area (TPSA) is 34.5 Å². The summed E-state index contributed by atoms with van der Waals surface area (Å²) in [6.07, 6.45) is 0.974. The van der Waals surface area contributed by atoms with Crippen molar-refractivity contribution in [3.8, 4) is 0 Å². The minimum absolute atomic E-state index is 0.119. The van der Waals surface area contributed by atoms with E-state index in [0.717, 1.165) is 25.0 Å². The molecule has 4 heteroatoms. The minimum atomic E-state index is -0.262. The molecular weight excluding hydrogens is 300 g/mol. The highest BCUT2D eigenvalue weighted by molar-refractivity contribution is 5.89. The zero-order valence-corrected chi connectivity index (χ0v) is 15.4. The van der Waals surface area contributed by atoms with Gasteiger partial charge in [-0.2, -0.15) is 0 Å². The minimum Gasteiger partial charge on any atom is -0.464 e. The Morgan fingerprint density at radius 3 is 2.75 bits per heavy atom. The maximum absolute atomic E-state index is 12.7. The molecule has 1 atom stereocenters. The van der Waals surface area contributed by atoms with Gasteiger partial charge in [0.05, 0.1) is 6.61 Å². The first-order valence-electron chi connectivity index (χ1n) is 8.91. The molecule has 0 saturated heterocycles. The van der Waals surface area contributed by atoms with Crippen LogP contribution in [0.5, 0.6) is 0 Å². The van der Waals surface area contributed by atoms with Gasteiger partial charge in [0, 0.05) is 36.1 Å². The summed E-state index contributed by atoms with van der Waals surface area (Å²) in [6, 6.07) is 6.29. The molecule has 0 spiro atoms. The third kappa shape index (κ3) is 2.84. The van der Waals surface area contributed by atoms with Gasteiger partial charge in [-0.1, -0.05) is 25.5 Å². The molecule has 0 fully saturated rings. The van der Waals surface area contributed by atoms with Crippen molar-refractivity contribution in [2.45, 2.75) is 46.7 Å². The highest BCUT2D eigenvalue weighted by Crippen LogP contribution is 2.36. The number of ether oxygens (including phenoxy) is 1. The van der Waals surface area contributed by atoms with Crippen molar-refractivity contribution < 1.29 is 9.53 Å². The molecule has 1 aromatic heterocycles. The second-order valence-corrected chi connectivity index (χ2v) is 7.24. The molecule has 1 aliphatic heterocycles. The van der Waals surface area contributed by atoms with Gasteiger partial charge in [-0.25, -0.2) is 4.79 Å². The second-order valence-electron chi connectivity index (χ2n) is 7.24. The van der Waals surface area contributed by atoms with Gasteiger partial charge < -0.3 is 14.2 Å². The highest BCUT2D eigenvalue weighted by Gasteiger charge is 2.32. The van der Waals surface area contributed by atoms with Crippen molar-refractivity contribution >= 4 is 16.9 Å². The van der Waals surface area contributed by atoms with Crippen LogP contribution in [-0.2, 0) is 22.5 Å². The van der Waals surface area contributed by atoms with Gasteiger partial charge in [-0.05, 0) is 44.5 Å². The maximum Gasteiger partial charge on any atom is 0.329 e. The molecule has 130 valence electrons. The van der Waals surface area contributed by atoms with Crippen molar-refractivity contribution in [2.75, 3.05) is 20.2 Å². The van der Waals surface area contributed by atoms with Crippen LogP contribution < -0.4 is 0 Å². The van der Waals surface area contributed by atoms with Gasteiger partial charge in [0.15, 0.2) is 0 Å². The first-order chi connectivity index (χ1) is 11.4. The Morgan fingerprint density at radius 1 is 1.33 bits per heavy atom. The van der Waals surface area contributed by atoms with E-state index in [1.165, 1.54) is 22.2 Å². The van der Waals surface area contributed by atoms with Gasteiger partial charge in [0.1, 0.15) is 6.04 Å². The Labute approximate surface area is 144 Å². The third-order valence-electron chi connectivity index (χ3n) is 4.97. The van der Waals surface area contributed by atoms with E-state index in [0.29, 0.717) is 6.61 Å². The zero-order valence-electron chi connectivity index (χ0n) is 15.4. The number of carbonyl (C=O) groups excluding carboxylic acids is 1. The largest absolute Gasteiger partial charge is 0.464 e. The maximum atomic E-state index is 12.7. The van der Waals surface area contributed by atoms with Crippen molar-refractivity contribution in [3.63, 3.8) is 0 Å². The molecule has 0 aliphatic carbocycles. The molecule has 1 aromatic carbocycles. The summed E-state index contributed by atoms with van der Waals surface area (Å²) in [6.45, 7) is 10.6. The van der Waals surface area contributed by atoms with Crippen LogP contribution in [0.2, 0.25) is 0 Å². The molecular formula is C20H28N2O2. The lowest BCUT2D eigenvalue weighted by atomic mass is 10.0. The number of aromatic nitrogens is 1. The molecule has 0 saturated carbocycles. The van der Waals surface area contributed by atoms with Gasteiger partial charge in [-0.3, -0.25) is 0 Å². The Hall–Kier alpha value is -1.81. The van der Waals surface area contributed by atoms with Gasteiger partial charge in [0.25, 0.3) is 0 Å². The number of rotatable bonds is 4. The van der Waals surface area contributed by atoms with E-state index >= 15 is 0 Å². The molecule has 2 aromatic rings. The Balaban J connectivity index is 2.24. The van der Waals surface area contributed by atoms with E-state index in [2.05, 4.69) is 55.5 Å². The molecule has 3 rings (SSSR count). The quantitative estimate of drug-likeness (QED) is 0.803. The predicted octanol–water partition coefficient (Wildman–Crippen LogP) is 3.70. The van der Waals surface area contributed by atoms with Crippen LogP contribution >= 0.6 is 0 Å². The number of carbonyl (C=O) groups is 1. The Bertz CT molecular complexity index is 761. The lowest BCUT2D eigenvalue weighted by molar-refractivity contribution is -0.148. The third-order valence-corrected chi connectivity index (χ3v) is 4.97. The van der Waals surface area contributed by atoms with E-state index < -0.39 is 0 Å². The number of benzene rings is 1. The summed E-state index contributed by atoms with van der Waals surface area (Å²) >= 11 is 0. The van der Waals surface area contributed by atoms with Crippen LogP contribution in [0.15, 0.2) is 18.2 Å². The number of hydrogen-bond acceptors (Lipinski definition) is 3. The monoisotopic (exact) mass is 328 g/mol. The number of fused-ring (bicyclic) bond motifs is 3. The molecule has 0 N–H and O–H groups in total. The van der Waals surface area contributed by atoms with Gasteiger partial charge >= 0.3 is 5.97 Å². The summed E-state index contributed by atoms with van der Waals surface area (Å²) in [5.41, 5.74) is 5.10. The predicted molar refractivity (Wildman–Crippen MR) is 97.2 cm³/mol. The van der Waals surface area contributed by atoms with Crippen LogP contribution in [0.1, 0.15) is 43.6 Å².